The van der Waals surface area contributed by atoms with Crippen LogP contribution in [0.3, 0.4) is 0 Å². The molecule has 2 aromatic carbocycles. The Morgan fingerprint density at radius 3 is 2.69 bits per heavy atom. The first-order valence-electron chi connectivity index (χ1n) is 8.56. The fourth-order valence-electron chi connectivity index (χ4n) is 3.24. The fraction of sp³-hybridized carbons (Fsp3) is 0.286. The number of ether oxygens (including phenoxy) is 1. The molecule has 0 bridgehead atoms. The van der Waals surface area contributed by atoms with Gasteiger partial charge in [0.15, 0.2) is 17.3 Å². The Balaban J connectivity index is 1.81. The number of methoxy groups -OCH3 is 1. The highest BCUT2D eigenvalue weighted by molar-refractivity contribution is 6.11. The van der Waals surface area contributed by atoms with Crippen LogP contribution >= 0.6 is 0 Å². The first-order valence-corrected chi connectivity index (χ1v) is 8.56. The molecule has 0 spiro atoms. The lowest BCUT2D eigenvalue weighted by Gasteiger charge is -2.24. The molecular formula is C21H23FN2O2. The maximum absolute atomic E-state index is 13.9. The lowest BCUT2D eigenvalue weighted by molar-refractivity contribution is 0.0863. The predicted octanol–water partition coefficient (Wildman–Crippen LogP) is 4.33. The molecule has 1 N–H and O–H groups in total. The van der Waals surface area contributed by atoms with Crippen LogP contribution in [0.4, 0.5) is 4.39 Å². The number of nitrogens with one attached hydrogen (secondary N) is 1. The number of benzene rings is 2. The molecule has 1 heterocycles. The van der Waals surface area contributed by atoms with Crippen molar-refractivity contribution < 1.29 is 13.9 Å². The quantitative estimate of drug-likeness (QED) is 0.670. The molecule has 5 heteroatoms. The first kappa shape index (κ1) is 18.1. The van der Waals surface area contributed by atoms with Crippen molar-refractivity contribution >= 4 is 16.7 Å². The number of carbonyl (C=O) groups is 1. The van der Waals surface area contributed by atoms with Crippen LogP contribution in [0.25, 0.3) is 10.9 Å². The average Bonchev–Trinajstić information content (AvgIpc) is 2.96. The van der Waals surface area contributed by atoms with Gasteiger partial charge in [-0.2, -0.15) is 0 Å². The highest BCUT2D eigenvalue weighted by Gasteiger charge is 2.24. The van der Waals surface area contributed by atoms with Gasteiger partial charge in [-0.1, -0.05) is 24.3 Å². The molecule has 0 fully saturated rings. The molecule has 0 aliphatic heterocycles. The van der Waals surface area contributed by atoms with Gasteiger partial charge in [-0.05, 0) is 44.7 Å². The summed E-state index contributed by atoms with van der Waals surface area (Å²) >= 11 is 0. The number of nitrogens with zero attached hydrogens (tertiary/aromatic N) is 1. The molecule has 0 unspecified atom stereocenters. The molecule has 136 valence electrons. The summed E-state index contributed by atoms with van der Waals surface area (Å²) in [5.41, 5.74) is 3.34. The summed E-state index contributed by atoms with van der Waals surface area (Å²) in [5, 5.41) is 0.936. The molecule has 1 atom stereocenters. The van der Waals surface area contributed by atoms with E-state index in [1.165, 1.54) is 13.2 Å². The second-order valence-corrected chi connectivity index (χ2v) is 6.59. The Bertz CT molecular complexity index is 948. The molecule has 3 aromatic rings. The van der Waals surface area contributed by atoms with E-state index in [4.69, 9.17) is 4.74 Å². The van der Waals surface area contributed by atoms with Crippen LogP contribution < -0.4 is 4.74 Å². The van der Waals surface area contributed by atoms with E-state index >= 15 is 0 Å². The molecule has 0 amide bonds. The van der Waals surface area contributed by atoms with Crippen molar-refractivity contribution in [3.05, 3.63) is 65.1 Å². The summed E-state index contributed by atoms with van der Waals surface area (Å²) < 4.78 is 18.8. The maximum atomic E-state index is 13.9. The molecule has 0 saturated carbocycles. The van der Waals surface area contributed by atoms with Gasteiger partial charge in [0.2, 0.25) is 0 Å². The lowest BCUT2D eigenvalue weighted by Crippen LogP contribution is -2.35. The van der Waals surface area contributed by atoms with E-state index in [1.54, 1.807) is 6.07 Å². The van der Waals surface area contributed by atoms with Crippen LogP contribution in [0.1, 0.15) is 28.5 Å². The van der Waals surface area contributed by atoms with Gasteiger partial charge >= 0.3 is 0 Å². The summed E-state index contributed by atoms with van der Waals surface area (Å²) in [7, 11) is 3.31. The Labute approximate surface area is 152 Å². The van der Waals surface area contributed by atoms with Crippen molar-refractivity contribution in [3.8, 4) is 5.75 Å². The average molecular weight is 354 g/mol. The SMILES string of the molecule is COc1ccc(CN(C)[C@@H](C)C(=O)c2c(C)[nH]c3ccccc23)cc1F. The number of aromatic amines is 1. The normalized spacial score (nSPS) is 12.5. The summed E-state index contributed by atoms with van der Waals surface area (Å²) in [6, 6.07) is 12.3. The number of para-hydroxylation sites is 1. The summed E-state index contributed by atoms with van der Waals surface area (Å²) in [6.45, 7) is 4.26. The zero-order valence-corrected chi connectivity index (χ0v) is 15.5. The Morgan fingerprint density at radius 2 is 2.00 bits per heavy atom. The third-order valence-corrected chi connectivity index (χ3v) is 4.83. The van der Waals surface area contributed by atoms with Crippen molar-refractivity contribution in [2.75, 3.05) is 14.2 Å². The molecular weight excluding hydrogens is 331 g/mol. The second kappa shape index (κ2) is 7.30. The van der Waals surface area contributed by atoms with Crippen LogP contribution in [0.2, 0.25) is 0 Å². The highest BCUT2D eigenvalue weighted by Crippen LogP contribution is 2.25. The molecule has 26 heavy (non-hydrogen) atoms. The third-order valence-electron chi connectivity index (χ3n) is 4.83. The van der Waals surface area contributed by atoms with Crippen molar-refractivity contribution in [1.82, 2.24) is 9.88 Å². The number of ketones is 1. The monoisotopic (exact) mass is 354 g/mol. The van der Waals surface area contributed by atoms with E-state index in [-0.39, 0.29) is 17.6 Å². The highest BCUT2D eigenvalue weighted by atomic mass is 19.1. The summed E-state index contributed by atoms with van der Waals surface area (Å²) in [5.74, 6) is -0.128. The van der Waals surface area contributed by atoms with E-state index in [0.29, 0.717) is 6.54 Å². The fourth-order valence-corrected chi connectivity index (χ4v) is 3.24. The molecule has 0 radical (unpaired) electrons. The molecule has 0 aliphatic rings. The van der Waals surface area contributed by atoms with E-state index in [2.05, 4.69) is 4.98 Å². The van der Waals surface area contributed by atoms with Gasteiger partial charge in [0.1, 0.15) is 0 Å². The minimum absolute atomic E-state index is 0.0523. The molecule has 3 rings (SSSR count). The molecule has 0 aliphatic carbocycles. The van der Waals surface area contributed by atoms with Gasteiger partial charge in [0.05, 0.1) is 13.2 Å². The summed E-state index contributed by atoms with van der Waals surface area (Å²) in [6.07, 6.45) is 0. The molecule has 0 saturated heterocycles. The van der Waals surface area contributed by atoms with Gasteiger partial charge in [-0.3, -0.25) is 9.69 Å². The number of rotatable bonds is 6. The van der Waals surface area contributed by atoms with Gasteiger partial charge < -0.3 is 9.72 Å². The van der Waals surface area contributed by atoms with Crippen molar-refractivity contribution in [1.29, 1.82) is 0 Å². The zero-order chi connectivity index (χ0) is 18.8. The Kier molecular flexibility index (Phi) is 5.09. The number of H-pyrrole nitrogens is 1. The lowest BCUT2D eigenvalue weighted by atomic mass is 10.0. The van der Waals surface area contributed by atoms with E-state index in [9.17, 15) is 9.18 Å². The number of hydrogen-bond acceptors (Lipinski definition) is 3. The second-order valence-electron chi connectivity index (χ2n) is 6.59. The van der Waals surface area contributed by atoms with Crippen LogP contribution in [0, 0.1) is 12.7 Å². The topological polar surface area (TPSA) is 45.3 Å². The minimum Gasteiger partial charge on any atom is -0.494 e. The van der Waals surface area contributed by atoms with Gasteiger partial charge in [-0.25, -0.2) is 4.39 Å². The summed E-state index contributed by atoms with van der Waals surface area (Å²) in [4.78, 5) is 18.3. The van der Waals surface area contributed by atoms with Crippen LogP contribution in [0.5, 0.6) is 5.75 Å². The van der Waals surface area contributed by atoms with Crippen molar-refractivity contribution in [2.45, 2.75) is 26.4 Å². The van der Waals surface area contributed by atoms with Crippen molar-refractivity contribution in [2.24, 2.45) is 0 Å². The number of Topliss-reactive ketones (excluding diaryl/α,β-unsaturated/α-hetero) is 1. The van der Waals surface area contributed by atoms with E-state index in [1.807, 2.05) is 56.1 Å². The van der Waals surface area contributed by atoms with E-state index < -0.39 is 5.82 Å². The number of hydrogen-bond donors (Lipinski definition) is 1. The standard InChI is InChI=1S/C21H23FN2O2/c1-13-20(16-7-5-6-8-18(16)23-13)21(25)14(2)24(3)12-15-9-10-19(26-4)17(22)11-15/h5-11,14,23H,12H2,1-4H3/t14-/m0/s1. The minimum atomic E-state index is -0.398. The van der Waals surface area contributed by atoms with Gasteiger partial charge in [0.25, 0.3) is 0 Å². The number of aryl methyl sites for hydroxylation is 1. The number of carbonyl (C=O) groups excluding carboxylic acids is 1. The smallest absolute Gasteiger partial charge is 0.182 e. The predicted molar refractivity (Wildman–Crippen MR) is 101 cm³/mol. The van der Waals surface area contributed by atoms with Gasteiger partial charge in [-0.15, -0.1) is 0 Å². The first-order chi connectivity index (χ1) is 12.4. The van der Waals surface area contributed by atoms with Gasteiger partial charge in [0, 0.05) is 28.7 Å². The Hall–Kier alpha value is -2.66. The van der Waals surface area contributed by atoms with Crippen LogP contribution in [-0.2, 0) is 6.54 Å². The number of fused-ring (bicyclic) bond motifs is 1. The Morgan fingerprint density at radius 1 is 1.27 bits per heavy atom. The molecule has 1 aromatic heterocycles. The number of aromatic nitrogens is 1. The number of likely N-dealkylation sites (N-methyl/N-ethyl adjacent to an activating group) is 1. The maximum Gasteiger partial charge on any atom is 0.182 e. The van der Waals surface area contributed by atoms with Crippen molar-refractivity contribution in [3.63, 3.8) is 0 Å². The van der Waals surface area contributed by atoms with E-state index in [0.717, 1.165) is 27.7 Å². The largest absolute Gasteiger partial charge is 0.494 e. The zero-order valence-electron chi connectivity index (χ0n) is 15.5. The third kappa shape index (κ3) is 3.35. The van der Waals surface area contributed by atoms with Crippen LogP contribution in [0.15, 0.2) is 42.5 Å². The number of halogens is 1. The molecule has 4 nitrogen and oxygen atoms in total. The van der Waals surface area contributed by atoms with Crippen LogP contribution in [-0.4, -0.2) is 35.9 Å².